The van der Waals surface area contributed by atoms with Crippen LogP contribution in [-0.4, -0.2) is 79.7 Å². The molecule has 2 heterocycles. The molecule has 0 bridgehead atoms. The number of nitrogens with one attached hydrogen (secondary N) is 1. The fourth-order valence-electron chi connectivity index (χ4n) is 6.15. The van der Waals surface area contributed by atoms with Gasteiger partial charge < -0.3 is 39.0 Å². The van der Waals surface area contributed by atoms with Crippen LogP contribution in [0.1, 0.15) is 38.3 Å². The number of aromatic hydroxyl groups is 1. The molecule has 2 N–H and O–H groups in total. The van der Waals surface area contributed by atoms with E-state index in [9.17, 15) is 31.9 Å². The summed E-state index contributed by atoms with van der Waals surface area (Å²) in [6, 6.07) is 13.8. The molecule has 2 unspecified atom stereocenters. The maximum atomic E-state index is 14.5. The monoisotopic (exact) mass is 808 g/mol. The van der Waals surface area contributed by atoms with E-state index < -0.39 is 59.8 Å². The van der Waals surface area contributed by atoms with Crippen LogP contribution < -0.4 is 29.2 Å². The van der Waals surface area contributed by atoms with Crippen molar-refractivity contribution in [3.8, 4) is 28.7 Å². The molecule has 1 amide bonds. The average molecular weight is 809 g/mol. The number of nitrogens with zero attached hydrogens (tertiary/aromatic N) is 3. The number of carbonyl (C=O) groups is 1. The molecule has 1 fully saturated rings. The molecule has 1 aliphatic rings. The molecule has 17 heteroatoms. The Morgan fingerprint density at radius 3 is 2.04 bits per heavy atom. The summed E-state index contributed by atoms with van der Waals surface area (Å²) in [5, 5.41) is 13.5. The second-order valence-corrected chi connectivity index (χ2v) is 13.2. The molecule has 1 aromatic heterocycles. The molecule has 5 rings (SSSR count). The zero-order chi connectivity index (χ0) is 41.2. The summed E-state index contributed by atoms with van der Waals surface area (Å²) >= 11 is 1.23. The molecular formula is C39H45F5N4O7S. The first-order valence-corrected chi connectivity index (χ1v) is 18.3. The van der Waals surface area contributed by atoms with E-state index in [1.807, 2.05) is 30.3 Å². The van der Waals surface area contributed by atoms with Crippen molar-refractivity contribution in [1.29, 1.82) is 0 Å². The number of hydrogen-bond acceptors (Lipinski definition) is 11. The van der Waals surface area contributed by atoms with Gasteiger partial charge in [0.1, 0.15) is 34.1 Å². The Bertz CT molecular complexity index is 1900. The van der Waals surface area contributed by atoms with Crippen molar-refractivity contribution in [1.82, 2.24) is 9.29 Å². The van der Waals surface area contributed by atoms with Crippen LogP contribution in [0.2, 0.25) is 0 Å². The molecule has 2 atom stereocenters. The summed E-state index contributed by atoms with van der Waals surface area (Å²) in [4.78, 5) is 19.2. The van der Waals surface area contributed by atoms with Gasteiger partial charge in [-0.2, -0.15) is 17.6 Å². The third-order valence-corrected chi connectivity index (χ3v) is 9.76. The van der Waals surface area contributed by atoms with Crippen molar-refractivity contribution in [3.63, 3.8) is 0 Å². The summed E-state index contributed by atoms with van der Waals surface area (Å²) < 4.78 is 101. The SMILES string of the molecule is CC.CCOC1(C(F)(F)F)CC(C(=O)Nc2ccnc(SN(Cc3ccc(OC)cc3OC)Cc3ccc(OC)cc3OC)c2)N(c2ccc(F)c(F)c2O)C1. The smallest absolute Gasteiger partial charge is 0.419 e. The van der Waals surface area contributed by atoms with Crippen LogP contribution in [0, 0.1) is 11.6 Å². The highest BCUT2D eigenvalue weighted by Crippen LogP contribution is 2.47. The van der Waals surface area contributed by atoms with E-state index in [4.69, 9.17) is 23.7 Å². The molecule has 0 spiro atoms. The maximum Gasteiger partial charge on any atom is 0.419 e. The van der Waals surface area contributed by atoms with Gasteiger partial charge in [0.2, 0.25) is 11.7 Å². The number of ether oxygens (including phenoxy) is 5. The number of phenolic OH excluding ortho intramolecular Hbond substituents is 1. The number of benzene rings is 3. The predicted octanol–water partition coefficient (Wildman–Crippen LogP) is 8.39. The van der Waals surface area contributed by atoms with Gasteiger partial charge in [0.25, 0.3) is 0 Å². The van der Waals surface area contributed by atoms with Crippen LogP contribution in [0.3, 0.4) is 0 Å². The van der Waals surface area contributed by atoms with Gasteiger partial charge in [-0.15, -0.1) is 0 Å². The Kier molecular flexibility index (Phi) is 15.0. The van der Waals surface area contributed by atoms with E-state index in [1.165, 1.54) is 31.1 Å². The van der Waals surface area contributed by atoms with Crippen LogP contribution in [0.4, 0.5) is 33.3 Å². The van der Waals surface area contributed by atoms with Gasteiger partial charge in [0, 0.05) is 61.3 Å². The number of pyridine rings is 1. The largest absolute Gasteiger partial charge is 0.503 e. The van der Waals surface area contributed by atoms with Crippen LogP contribution in [-0.2, 0) is 22.6 Å². The second-order valence-electron chi connectivity index (χ2n) is 12.1. The Balaban J connectivity index is 0.00000342. The normalized spacial score (nSPS) is 16.6. The molecule has 0 aliphatic carbocycles. The van der Waals surface area contributed by atoms with Crippen molar-refractivity contribution < 1.29 is 55.5 Å². The van der Waals surface area contributed by atoms with Crippen molar-refractivity contribution in [2.75, 3.05) is 51.8 Å². The number of alkyl halides is 3. The minimum Gasteiger partial charge on any atom is -0.503 e. The number of phenols is 1. The molecule has 1 saturated heterocycles. The van der Waals surface area contributed by atoms with E-state index in [-0.39, 0.29) is 12.3 Å². The first kappa shape index (κ1) is 43.7. The number of methoxy groups -OCH3 is 4. The molecule has 0 radical (unpaired) electrons. The first-order valence-electron chi connectivity index (χ1n) is 17.5. The fourth-order valence-corrected chi connectivity index (χ4v) is 7.11. The molecule has 3 aromatic carbocycles. The molecule has 304 valence electrons. The molecule has 56 heavy (non-hydrogen) atoms. The van der Waals surface area contributed by atoms with E-state index in [1.54, 1.807) is 58.8 Å². The number of hydrogen-bond donors (Lipinski definition) is 2. The minimum atomic E-state index is -4.95. The van der Waals surface area contributed by atoms with Crippen LogP contribution in [0.5, 0.6) is 28.7 Å². The Morgan fingerprint density at radius 2 is 1.52 bits per heavy atom. The highest BCUT2D eigenvalue weighted by Gasteiger charge is 2.63. The summed E-state index contributed by atoms with van der Waals surface area (Å²) in [6.45, 7) is 4.72. The molecular weight excluding hydrogens is 764 g/mol. The van der Waals surface area contributed by atoms with Crippen LogP contribution in [0.25, 0.3) is 0 Å². The van der Waals surface area contributed by atoms with Gasteiger partial charge in [-0.25, -0.2) is 13.7 Å². The number of anilines is 2. The first-order chi connectivity index (χ1) is 26.8. The lowest BCUT2D eigenvalue weighted by Gasteiger charge is -2.31. The zero-order valence-electron chi connectivity index (χ0n) is 32.0. The van der Waals surface area contributed by atoms with E-state index >= 15 is 0 Å². The second kappa shape index (κ2) is 19.2. The van der Waals surface area contributed by atoms with Crippen molar-refractivity contribution in [2.45, 2.75) is 63.1 Å². The van der Waals surface area contributed by atoms with Crippen molar-refractivity contribution >= 4 is 29.2 Å². The number of aromatic nitrogens is 1. The van der Waals surface area contributed by atoms with Crippen LogP contribution in [0.15, 0.2) is 71.9 Å². The molecule has 1 aliphatic heterocycles. The molecule has 11 nitrogen and oxygen atoms in total. The van der Waals surface area contributed by atoms with Crippen LogP contribution >= 0.6 is 11.9 Å². The van der Waals surface area contributed by atoms with E-state index in [0.29, 0.717) is 47.2 Å². The Labute approximate surface area is 326 Å². The Morgan fingerprint density at radius 1 is 0.929 bits per heavy atom. The van der Waals surface area contributed by atoms with Gasteiger partial charge in [-0.05, 0) is 55.3 Å². The number of rotatable bonds is 15. The third kappa shape index (κ3) is 9.86. The lowest BCUT2D eigenvalue weighted by atomic mass is 9.98. The summed E-state index contributed by atoms with van der Waals surface area (Å²) in [5.41, 5.74) is -1.52. The summed E-state index contributed by atoms with van der Waals surface area (Å²) in [7, 11) is 6.18. The maximum absolute atomic E-state index is 14.5. The predicted molar refractivity (Wildman–Crippen MR) is 203 cm³/mol. The number of halogens is 5. The van der Waals surface area contributed by atoms with E-state index in [2.05, 4.69) is 10.3 Å². The topological polar surface area (TPSA) is 115 Å². The van der Waals surface area contributed by atoms with Crippen molar-refractivity contribution in [3.05, 3.63) is 89.6 Å². The molecule has 4 aromatic rings. The fraction of sp³-hybridized carbons (Fsp3) is 0.385. The van der Waals surface area contributed by atoms with Crippen molar-refractivity contribution in [2.24, 2.45) is 0 Å². The van der Waals surface area contributed by atoms with E-state index in [0.717, 1.165) is 22.1 Å². The quantitative estimate of drug-likeness (QED) is 0.0892. The zero-order valence-corrected chi connectivity index (χ0v) is 32.8. The molecule has 0 saturated carbocycles. The number of amides is 1. The van der Waals surface area contributed by atoms with Gasteiger partial charge >= 0.3 is 6.18 Å². The minimum absolute atomic E-state index is 0.192. The lowest BCUT2D eigenvalue weighted by molar-refractivity contribution is -0.268. The average Bonchev–Trinajstić information content (AvgIpc) is 3.59. The highest BCUT2D eigenvalue weighted by atomic mass is 32.2. The Hall–Kier alpha value is -5.00. The summed E-state index contributed by atoms with van der Waals surface area (Å²) in [5.74, 6) is -2.85. The summed E-state index contributed by atoms with van der Waals surface area (Å²) in [6.07, 6.45) is -4.41. The lowest BCUT2D eigenvalue weighted by Crippen LogP contribution is -2.50. The van der Waals surface area contributed by atoms with Gasteiger partial charge in [-0.1, -0.05) is 26.0 Å². The van der Waals surface area contributed by atoms with Gasteiger partial charge in [0.05, 0.1) is 40.7 Å². The van der Waals surface area contributed by atoms with Gasteiger partial charge in [0.15, 0.2) is 17.2 Å². The standard InChI is InChI=1S/C37H39F5N4O7S.C2H6/c1-6-53-36(37(40,41)42)18-29(46(21-36)28-12-11-27(38)33(39)34(28)47)35(48)44-24-13-14-43-32(15-24)54-45(19-22-7-9-25(49-2)16-30(22)51-4)20-23-8-10-26(50-3)17-31(23)52-5;1-2/h7-17,29,47H,6,18-21H2,1-5H3,(H,43,44,48);1-2H3. The third-order valence-electron chi connectivity index (χ3n) is 8.83. The van der Waals surface area contributed by atoms with Gasteiger partial charge in [-0.3, -0.25) is 4.79 Å². The number of carbonyl (C=O) groups excluding carboxylic acids is 1. The highest BCUT2D eigenvalue weighted by molar-refractivity contribution is 7.96.